The first kappa shape index (κ1) is 13.2. The molecule has 2 aromatic rings. The second kappa shape index (κ2) is 4.94. The highest BCUT2D eigenvalue weighted by Gasteiger charge is 2.17. The van der Waals surface area contributed by atoms with Gasteiger partial charge in [-0.1, -0.05) is 11.8 Å². The molecule has 0 radical (unpaired) electrons. The number of anilines is 4. The molecule has 0 saturated carbocycles. The molecule has 0 amide bonds. The number of nitrogens with zero attached hydrogens (tertiary/aromatic N) is 2. The number of hydrogen-bond acceptors (Lipinski definition) is 4. The van der Waals surface area contributed by atoms with Gasteiger partial charge in [-0.05, 0) is 36.4 Å². The summed E-state index contributed by atoms with van der Waals surface area (Å²) in [6.45, 7) is 0. The Bertz CT molecular complexity index is 595. The lowest BCUT2D eigenvalue weighted by atomic mass is 10.2. The van der Waals surface area contributed by atoms with Gasteiger partial charge in [-0.15, -0.1) is 0 Å². The molecule has 1 N–H and O–H groups in total. The number of nitrogens with one attached hydrogen (secondary N) is 1. The van der Waals surface area contributed by atoms with E-state index in [2.05, 4.69) is 79.7 Å². The van der Waals surface area contributed by atoms with Crippen LogP contribution in [-0.2, 0) is 0 Å². The third kappa shape index (κ3) is 2.31. The van der Waals surface area contributed by atoms with Gasteiger partial charge in [-0.3, -0.25) is 0 Å². The predicted octanol–water partition coefficient (Wildman–Crippen LogP) is 4.03. The molecule has 3 nitrogen and oxygen atoms in total. The Hall–Kier alpha value is -1.81. The number of rotatable bonds is 2. The van der Waals surface area contributed by atoms with Crippen molar-refractivity contribution in [3.8, 4) is 0 Å². The second-order valence-corrected chi connectivity index (χ2v) is 6.46. The Morgan fingerprint density at radius 3 is 1.60 bits per heavy atom. The summed E-state index contributed by atoms with van der Waals surface area (Å²) >= 11 is 1.82. The maximum absolute atomic E-state index is 3.56. The minimum atomic E-state index is 1.18. The van der Waals surface area contributed by atoms with Gasteiger partial charge in [0.2, 0.25) is 0 Å². The van der Waals surface area contributed by atoms with Gasteiger partial charge >= 0.3 is 0 Å². The summed E-state index contributed by atoms with van der Waals surface area (Å²) in [4.78, 5) is 6.80. The Labute approximate surface area is 124 Å². The summed E-state index contributed by atoms with van der Waals surface area (Å²) in [6, 6.07) is 13.1. The zero-order valence-electron chi connectivity index (χ0n) is 12.3. The van der Waals surface area contributed by atoms with Crippen molar-refractivity contribution in [1.82, 2.24) is 0 Å². The van der Waals surface area contributed by atoms with Crippen molar-refractivity contribution in [1.29, 1.82) is 0 Å². The molecular weight excluding hydrogens is 266 g/mol. The summed E-state index contributed by atoms with van der Waals surface area (Å²) in [5.74, 6) is 0. The van der Waals surface area contributed by atoms with E-state index in [1.165, 1.54) is 32.5 Å². The van der Waals surface area contributed by atoms with Crippen molar-refractivity contribution in [3.05, 3.63) is 36.4 Å². The molecule has 0 atom stereocenters. The van der Waals surface area contributed by atoms with Gasteiger partial charge in [0.25, 0.3) is 0 Å². The van der Waals surface area contributed by atoms with E-state index in [1.54, 1.807) is 0 Å². The molecular formula is C16H19N3S. The van der Waals surface area contributed by atoms with E-state index in [4.69, 9.17) is 0 Å². The first-order valence-electron chi connectivity index (χ1n) is 6.62. The van der Waals surface area contributed by atoms with Crippen LogP contribution >= 0.6 is 11.8 Å². The van der Waals surface area contributed by atoms with Crippen molar-refractivity contribution in [2.75, 3.05) is 43.3 Å². The molecule has 4 heteroatoms. The Morgan fingerprint density at radius 2 is 1.20 bits per heavy atom. The minimum Gasteiger partial charge on any atom is -0.378 e. The van der Waals surface area contributed by atoms with Crippen molar-refractivity contribution in [2.24, 2.45) is 0 Å². The molecule has 1 aliphatic rings. The van der Waals surface area contributed by atoms with Crippen LogP contribution in [0.5, 0.6) is 0 Å². The number of benzene rings is 2. The summed E-state index contributed by atoms with van der Waals surface area (Å²) in [5.41, 5.74) is 4.79. The van der Waals surface area contributed by atoms with E-state index >= 15 is 0 Å². The van der Waals surface area contributed by atoms with Gasteiger partial charge in [0, 0.05) is 49.4 Å². The molecule has 3 rings (SSSR count). The first-order chi connectivity index (χ1) is 9.54. The highest BCUT2D eigenvalue weighted by Crippen LogP contribution is 2.46. The monoisotopic (exact) mass is 285 g/mol. The van der Waals surface area contributed by atoms with Crippen LogP contribution in [-0.4, -0.2) is 28.2 Å². The van der Waals surface area contributed by atoms with E-state index in [0.29, 0.717) is 0 Å². The molecule has 104 valence electrons. The smallest absolute Gasteiger partial charge is 0.0547 e. The van der Waals surface area contributed by atoms with Crippen LogP contribution in [0.1, 0.15) is 0 Å². The van der Waals surface area contributed by atoms with Gasteiger partial charge < -0.3 is 15.1 Å². The van der Waals surface area contributed by atoms with E-state index in [-0.39, 0.29) is 0 Å². The fourth-order valence-corrected chi connectivity index (χ4v) is 3.18. The van der Waals surface area contributed by atoms with Gasteiger partial charge in [0.1, 0.15) is 0 Å². The molecule has 0 unspecified atom stereocenters. The quantitative estimate of drug-likeness (QED) is 0.766. The van der Waals surface area contributed by atoms with E-state index < -0.39 is 0 Å². The summed E-state index contributed by atoms with van der Waals surface area (Å²) in [6.07, 6.45) is 0. The van der Waals surface area contributed by atoms with Gasteiger partial charge in [0.05, 0.1) is 11.4 Å². The van der Waals surface area contributed by atoms with E-state index in [9.17, 15) is 0 Å². The Morgan fingerprint density at radius 1 is 0.750 bits per heavy atom. The van der Waals surface area contributed by atoms with E-state index in [0.717, 1.165) is 0 Å². The maximum atomic E-state index is 3.56. The topological polar surface area (TPSA) is 18.5 Å². The minimum absolute atomic E-state index is 1.18. The lowest BCUT2D eigenvalue weighted by molar-refractivity contribution is 1.12. The molecule has 1 aliphatic heterocycles. The van der Waals surface area contributed by atoms with Crippen LogP contribution in [0.3, 0.4) is 0 Å². The summed E-state index contributed by atoms with van der Waals surface area (Å²) < 4.78 is 0. The number of fused-ring (bicyclic) bond motifs is 2. The van der Waals surface area contributed by atoms with E-state index in [1.807, 2.05) is 11.8 Å². The Balaban J connectivity index is 1.99. The fourth-order valence-electron chi connectivity index (χ4n) is 2.23. The van der Waals surface area contributed by atoms with Crippen LogP contribution in [0, 0.1) is 0 Å². The maximum Gasteiger partial charge on any atom is 0.0547 e. The predicted molar refractivity (Wildman–Crippen MR) is 88.9 cm³/mol. The second-order valence-electron chi connectivity index (χ2n) is 5.38. The van der Waals surface area contributed by atoms with Gasteiger partial charge in [-0.25, -0.2) is 0 Å². The summed E-state index contributed by atoms with van der Waals surface area (Å²) in [5, 5.41) is 3.56. The van der Waals surface area contributed by atoms with Crippen molar-refractivity contribution in [3.63, 3.8) is 0 Å². The van der Waals surface area contributed by atoms with Gasteiger partial charge in [0.15, 0.2) is 0 Å². The van der Waals surface area contributed by atoms with Crippen LogP contribution in [0.25, 0.3) is 0 Å². The first-order valence-corrected chi connectivity index (χ1v) is 7.44. The molecule has 0 bridgehead atoms. The molecule has 0 saturated heterocycles. The zero-order valence-corrected chi connectivity index (χ0v) is 13.1. The molecule has 0 spiro atoms. The average molecular weight is 285 g/mol. The molecule has 2 aromatic carbocycles. The molecule has 0 fully saturated rings. The van der Waals surface area contributed by atoms with Crippen LogP contribution < -0.4 is 15.1 Å². The van der Waals surface area contributed by atoms with Crippen molar-refractivity contribution >= 4 is 34.5 Å². The molecule has 0 aromatic heterocycles. The van der Waals surface area contributed by atoms with Crippen LogP contribution in [0.15, 0.2) is 46.2 Å². The fraction of sp³-hybridized carbons (Fsp3) is 0.250. The lowest BCUT2D eigenvalue weighted by Gasteiger charge is -2.24. The average Bonchev–Trinajstić information content (AvgIpc) is 2.43. The third-order valence-corrected chi connectivity index (χ3v) is 4.60. The van der Waals surface area contributed by atoms with Crippen LogP contribution in [0.2, 0.25) is 0 Å². The standard InChI is InChI=1S/C16H19N3S/c1-18(2)11-5-7-15-13(9-11)17-14-10-12(19(3)4)6-8-16(14)20-15/h5-10,17H,1-4H3. The molecule has 20 heavy (non-hydrogen) atoms. The number of hydrogen-bond donors (Lipinski definition) is 1. The highest BCUT2D eigenvalue weighted by molar-refractivity contribution is 7.99. The lowest BCUT2D eigenvalue weighted by Crippen LogP contribution is -2.11. The third-order valence-electron chi connectivity index (χ3n) is 3.45. The largest absolute Gasteiger partial charge is 0.378 e. The molecule has 1 heterocycles. The van der Waals surface area contributed by atoms with Crippen LogP contribution in [0.4, 0.5) is 22.7 Å². The highest BCUT2D eigenvalue weighted by atomic mass is 32.2. The van der Waals surface area contributed by atoms with Gasteiger partial charge in [-0.2, -0.15) is 0 Å². The normalized spacial score (nSPS) is 12.2. The van der Waals surface area contributed by atoms with Crippen molar-refractivity contribution in [2.45, 2.75) is 9.79 Å². The SMILES string of the molecule is CN(C)c1ccc2c(c1)Nc1cc(N(C)C)ccc1S2. The zero-order chi connectivity index (χ0) is 14.3. The summed E-state index contributed by atoms with van der Waals surface area (Å²) in [7, 11) is 8.26. The Kier molecular flexibility index (Phi) is 3.26. The molecule has 0 aliphatic carbocycles. The van der Waals surface area contributed by atoms with Crippen molar-refractivity contribution < 1.29 is 0 Å².